The molecule has 0 N–H and O–H groups in total. The molecule has 0 radical (unpaired) electrons. The minimum Gasteiger partial charge on any atom is -0.373 e. The molecule has 5 nitrogen and oxygen atoms in total. The van der Waals surface area contributed by atoms with Gasteiger partial charge in [0.2, 0.25) is 0 Å². The van der Waals surface area contributed by atoms with Gasteiger partial charge in [-0.2, -0.15) is 0 Å². The van der Waals surface area contributed by atoms with Gasteiger partial charge in [0.05, 0.1) is 22.8 Å². The first-order valence-corrected chi connectivity index (χ1v) is 13.7. The zero-order valence-corrected chi connectivity index (χ0v) is 22.2. The molecular weight excluding hydrogens is 551 g/mol. The molecule has 6 rings (SSSR count). The molecule has 2 saturated heterocycles. The number of hydrogen-bond donors (Lipinski definition) is 0. The summed E-state index contributed by atoms with van der Waals surface area (Å²) in [6.45, 7) is 0.581. The summed E-state index contributed by atoms with van der Waals surface area (Å²) in [5, 5.41) is 5.25. The van der Waals surface area contributed by atoms with Crippen molar-refractivity contribution in [2.45, 2.75) is 69.2 Å². The van der Waals surface area contributed by atoms with Crippen molar-refractivity contribution in [1.29, 1.82) is 0 Å². The number of carbonyl (C=O) groups excluding carboxylic acids is 1. The van der Waals surface area contributed by atoms with Gasteiger partial charge in [0, 0.05) is 28.0 Å². The van der Waals surface area contributed by atoms with Crippen LogP contribution in [0.3, 0.4) is 0 Å². The molecule has 2 bridgehead atoms. The van der Waals surface area contributed by atoms with Gasteiger partial charge < -0.3 is 14.2 Å². The molecule has 2 aliphatic heterocycles. The van der Waals surface area contributed by atoms with Crippen LogP contribution in [0.2, 0.25) is 10.0 Å². The number of amides is 1. The fourth-order valence-corrected chi connectivity index (χ4v) is 6.39. The number of piperidine rings is 1. The number of fused-ring (bicyclic) bond motifs is 2. The Morgan fingerprint density at radius 2 is 1.69 bits per heavy atom. The van der Waals surface area contributed by atoms with Crippen LogP contribution in [0.4, 0.5) is 0 Å². The standard InChI is InChI=1S/C27H25BrCl2N2O3/c28-17-8-4-15(5-9-17)14-34-20-12-18-10-11-19(13-20)32(18)27(33)24-25(31-35-26(24)16-6-7-16)23-21(29)2-1-3-22(23)30/h1-5,8-9,16,18-20H,6-7,10-14H2. The number of aromatic nitrogens is 1. The molecule has 1 aromatic heterocycles. The Morgan fingerprint density at radius 1 is 1.03 bits per heavy atom. The van der Waals surface area contributed by atoms with Crippen LogP contribution in [0, 0.1) is 0 Å². The van der Waals surface area contributed by atoms with E-state index in [4.69, 9.17) is 32.5 Å². The summed E-state index contributed by atoms with van der Waals surface area (Å²) in [4.78, 5) is 16.2. The van der Waals surface area contributed by atoms with E-state index >= 15 is 0 Å². The van der Waals surface area contributed by atoms with E-state index < -0.39 is 0 Å². The first kappa shape index (κ1) is 23.5. The highest BCUT2D eigenvalue weighted by molar-refractivity contribution is 9.10. The summed E-state index contributed by atoms with van der Waals surface area (Å²) < 4.78 is 13.1. The smallest absolute Gasteiger partial charge is 0.260 e. The van der Waals surface area contributed by atoms with E-state index in [1.54, 1.807) is 18.2 Å². The Kier molecular flexibility index (Phi) is 6.42. The maximum absolute atomic E-state index is 14.1. The van der Waals surface area contributed by atoms with Gasteiger partial charge in [-0.25, -0.2) is 0 Å². The Balaban J connectivity index is 1.24. The van der Waals surface area contributed by atoms with Crippen molar-refractivity contribution in [2.24, 2.45) is 0 Å². The third-order valence-electron chi connectivity index (χ3n) is 7.40. The van der Waals surface area contributed by atoms with Crippen LogP contribution >= 0.6 is 39.1 Å². The molecule has 182 valence electrons. The molecule has 1 aliphatic carbocycles. The molecule has 8 heteroatoms. The summed E-state index contributed by atoms with van der Waals surface area (Å²) in [7, 11) is 0. The summed E-state index contributed by atoms with van der Waals surface area (Å²) >= 11 is 16.5. The predicted octanol–water partition coefficient (Wildman–Crippen LogP) is 7.64. The molecule has 2 aromatic carbocycles. The Morgan fingerprint density at radius 3 is 2.31 bits per heavy atom. The maximum atomic E-state index is 14.1. The molecule has 2 unspecified atom stereocenters. The van der Waals surface area contributed by atoms with Crippen LogP contribution in [0.5, 0.6) is 0 Å². The average molecular weight is 576 g/mol. The number of rotatable bonds is 6. The Bertz CT molecular complexity index is 1220. The van der Waals surface area contributed by atoms with Crippen LogP contribution in [-0.4, -0.2) is 34.2 Å². The quantitative estimate of drug-likeness (QED) is 0.303. The predicted molar refractivity (Wildman–Crippen MR) is 139 cm³/mol. The largest absolute Gasteiger partial charge is 0.373 e. The molecule has 1 amide bonds. The highest BCUT2D eigenvalue weighted by Gasteiger charge is 2.47. The highest BCUT2D eigenvalue weighted by atomic mass is 79.9. The molecule has 3 aliphatic rings. The normalized spacial score (nSPS) is 23.6. The molecule has 35 heavy (non-hydrogen) atoms. The van der Waals surface area contributed by atoms with Crippen molar-refractivity contribution < 1.29 is 14.1 Å². The van der Waals surface area contributed by atoms with Gasteiger partial charge >= 0.3 is 0 Å². The van der Waals surface area contributed by atoms with Gasteiger partial charge in [-0.3, -0.25) is 4.79 Å². The molecule has 3 fully saturated rings. The first-order chi connectivity index (χ1) is 17.0. The van der Waals surface area contributed by atoms with Crippen LogP contribution in [0.1, 0.15) is 66.1 Å². The van der Waals surface area contributed by atoms with E-state index in [0.717, 1.165) is 48.6 Å². The SMILES string of the molecule is O=C(c1c(-c2c(Cl)cccc2Cl)noc1C1CC1)N1C2CCC1CC(OCc1ccc(Br)cc1)C2. The summed E-state index contributed by atoms with van der Waals surface area (Å²) in [5.74, 6) is 0.896. The zero-order valence-electron chi connectivity index (χ0n) is 19.1. The van der Waals surface area contributed by atoms with Gasteiger partial charge in [-0.05, 0) is 68.4 Å². The highest BCUT2D eigenvalue weighted by Crippen LogP contribution is 2.47. The summed E-state index contributed by atoms with van der Waals surface area (Å²) in [6.07, 6.45) is 5.80. The van der Waals surface area contributed by atoms with Gasteiger partial charge in [0.15, 0.2) is 5.76 Å². The van der Waals surface area contributed by atoms with E-state index in [1.165, 1.54) is 0 Å². The molecule has 1 saturated carbocycles. The maximum Gasteiger partial charge on any atom is 0.260 e. The van der Waals surface area contributed by atoms with E-state index in [-0.39, 0.29) is 30.0 Å². The number of ether oxygens (including phenoxy) is 1. The van der Waals surface area contributed by atoms with Crippen LogP contribution in [-0.2, 0) is 11.3 Å². The van der Waals surface area contributed by atoms with E-state index in [1.807, 2.05) is 12.1 Å². The van der Waals surface area contributed by atoms with Crippen LogP contribution < -0.4 is 0 Å². The second kappa shape index (κ2) is 9.55. The van der Waals surface area contributed by atoms with E-state index in [2.05, 4.69) is 38.1 Å². The van der Waals surface area contributed by atoms with Crippen LogP contribution in [0.25, 0.3) is 11.3 Å². The third kappa shape index (κ3) is 4.55. The lowest BCUT2D eigenvalue weighted by atomic mass is 9.96. The fourth-order valence-electron chi connectivity index (χ4n) is 5.55. The Hall–Kier alpha value is -1.86. The number of carbonyl (C=O) groups is 1. The van der Waals surface area contributed by atoms with Crippen LogP contribution in [0.15, 0.2) is 51.5 Å². The van der Waals surface area contributed by atoms with E-state index in [9.17, 15) is 4.79 Å². The number of benzene rings is 2. The minimum atomic E-state index is -0.0157. The third-order valence-corrected chi connectivity index (χ3v) is 8.56. The van der Waals surface area contributed by atoms with Crippen molar-refractivity contribution in [1.82, 2.24) is 10.1 Å². The van der Waals surface area contributed by atoms with Crippen molar-refractivity contribution in [3.8, 4) is 11.3 Å². The molecule has 3 heterocycles. The van der Waals surface area contributed by atoms with Gasteiger partial charge in [-0.15, -0.1) is 0 Å². The number of nitrogens with zero attached hydrogens (tertiary/aromatic N) is 2. The average Bonchev–Trinajstić information content (AvgIpc) is 3.54. The topological polar surface area (TPSA) is 55.6 Å². The van der Waals surface area contributed by atoms with Crippen molar-refractivity contribution >= 4 is 45.0 Å². The summed E-state index contributed by atoms with van der Waals surface area (Å²) in [5.41, 5.74) is 2.71. The van der Waals surface area contributed by atoms with Gasteiger partial charge in [0.1, 0.15) is 11.3 Å². The first-order valence-electron chi connectivity index (χ1n) is 12.1. The van der Waals surface area contributed by atoms with Crippen molar-refractivity contribution in [3.05, 3.63) is 73.9 Å². The summed E-state index contributed by atoms with van der Waals surface area (Å²) in [6, 6.07) is 13.8. The second-order valence-corrected chi connectivity index (χ2v) is 11.5. The van der Waals surface area contributed by atoms with Crippen molar-refractivity contribution in [3.63, 3.8) is 0 Å². The monoisotopic (exact) mass is 574 g/mol. The number of hydrogen-bond acceptors (Lipinski definition) is 4. The molecular formula is C27H25BrCl2N2O3. The van der Waals surface area contributed by atoms with Crippen molar-refractivity contribution in [2.75, 3.05) is 0 Å². The zero-order chi connectivity index (χ0) is 24.1. The molecule has 2 atom stereocenters. The number of halogens is 3. The lowest BCUT2D eigenvalue weighted by molar-refractivity contribution is -0.0222. The Labute approximate surface area is 222 Å². The lowest BCUT2D eigenvalue weighted by Gasteiger charge is -2.39. The van der Waals surface area contributed by atoms with Gasteiger partial charge in [-0.1, -0.05) is 62.5 Å². The minimum absolute atomic E-state index is 0.0157. The molecule has 3 aromatic rings. The molecule has 0 spiro atoms. The fraction of sp³-hybridized carbons (Fsp3) is 0.407. The van der Waals surface area contributed by atoms with Gasteiger partial charge in [0.25, 0.3) is 5.91 Å². The lowest BCUT2D eigenvalue weighted by Crippen LogP contribution is -2.48. The van der Waals surface area contributed by atoms with E-state index in [0.29, 0.717) is 39.2 Å². The second-order valence-electron chi connectivity index (χ2n) is 9.77.